The molecule has 0 aliphatic heterocycles. The number of aromatic nitrogens is 2. The summed E-state index contributed by atoms with van der Waals surface area (Å²) in [4.78, 5) is 1.25. The van der Waals surface area contributed by atoms with Crippen LogP contribution in [0.4, 0.5) is 0 Å². The van der Waals surface area contributed by atoms with E-state index in [2.05, 4.69) is 28.8 Å². The highest BCUT2D eigenvalue weighted by Crippen LogP contribution is 2.25. The zero-order valence-corrected chi connectivity index (χ0v) is 11.7. The first kappa shape index (κ1) is 13.2. The summed E-state index contributed by atoms with van der Waals surface area (Å²) in [5, 5.41) is 7.73. The summed E-state index contributed by atoms with van der Waals surface area (Å²) in [5.74, 6) is 0.997. The molecule has 0 spiro atoms. The highest BCUT2D eigenvalue weighted by molar-refractivity contribution is 7.05. The van der Waals surface area contributed by atoms with Gasteiger partial charge >= 0.3 is 0 Å². The van der Waals surface area contributed by atoms with E-state index in [-0.39, 0.29) is 6.04 Å². The molecule has 2 rings (SSSR count). The molecule has 0 aromatic carbocycles. The molecule has 0 aliphatic rings. The summed E-state index contributed by atoms with van der Waals surface area (Å²) in [6, 6.07) is 4.19. The SMILES string of the molecule is CCCc1nnsc1C(Cc1ccco1)NCC. The number of rotatable bonds is 7. The first-order valence-electron chi connectivity index (χ1n) is 6.42. The van der Waals surface area contributed by atoms with E-state index in [4.69, 9.17) is 4.42 Å². The third-order valence-electron chi connectivity index (χ3n) is 2.82. The number of nitrogens with one attached hydrogen (secondary N) is 1. The fourth-order valence-corrected chi connectivity index (χ4v) is 2.79. The molecule has 1 unspecified atom stereocenters. The molecule has 0 bridgehead atoms. The van der Waals surface area contributed by atoms with Crippen molar-refractivity contribution in [2.45, 2.75) is 39.2 Å². The van der Waals surface area contributed by atoms with Gasteiger partial charge in [-0.3, -0.25) is 0 Å². The van der Waals surface area contributed by atoms with E-state index in [0.717, 1.165) is 37.3 Å². The molecule has 4 nitrogen and oxygen atoms in total. The van der Waals surface area contributed by atoms with Crippen molar-refractivity contribution in [3.8, 4) is 0 Å². The normalized spacial score (nSPS) is 12.8. The summed E-state index contributed by atoms with van der Waals surface area (Å²) >= 11 is 1.49. The summed E-state index contributed by atoms with van der Waals surface area (Å²) in [6.07, 6.45) is 4.65. The van der Waals surface area contributed by atoms with Gasteiger partial charge in [0.25, 0.3) is 0 Å². The van der Waals surface area contributed by atoms with Crippen LogP contribution in [0.2, 0.25) is 0 Å². The van der Waals surface area contributed by atoms with Crippen LogP contribution in [0.5, 0.6) is 0 Å². The largest absolute Gasteiger partial charge is 0.469 e. The Morgan fingerprint density at radius 2 is 2.33 bits per heavy atom. The minimum absolute atomic E-state index is 0.252. The van der Waals surface area contributed by atoms with Crippen molar-refractivity contribution < 1.29 is 4.42 Å². The fraction of sp³-hybridized carbons (Fsp3) is 0.538. The Morgan fingerprint density at radius 1 is 1.44 bits per heavy atom. The zero-order valence-electron chi connectivity index (χ0n) is 10.8. The lowest BCUT2D eigenvalue weighted by atomic mass is 10.1. The third kappa shape index (κ3) is 3.17. The molecule has 2 aromatic heterocycles. The van der Waals surface area contributed by atoms with Gasteiger partial charge in [0.2, 0.25) is 0 Å². The van der Waals surface area contributed by atoms with Gasteiger partial charge in [0.05, 0.1) is 22.9 Å². The Kier molecular flexibility index (Phi) is 4.90. The molecular weight excluding hydrogens is 246 g/mol. The number of furan rings is 1. The van der Waals surface area contributed by atoms with Gasteiger partial charge in [0.1, 0.15) is 5.76 Å². The molecule has 0 saturated carbocycles. The molecule has 98 valence electrons. The lowest BCUT2D eigenvalue weighted by Gasteiger charge is -2.15. The molecule has 0 radical (unpaired) electrons. The van der Waals surface area contributed by atoms with E-state index in [9.17, 15) is 0 Å². The van der Waals surface area contributed by atoms with Crippen LogP contribution in [0.1, 0.15) is 42.6 Å². The Bertz CT molecular complexity index is 453. The average Bonchev–Trinajstić information content (AvgIpc) is 3.00. The number of nitrogens with zero attached hydrogens (tertiary/aromatic N) is 2. The van der Waals surface area contributed by atoms with Crippen LogP contribution < -0.4 is 5.32 Å². The molecule has 18 heavy (non-hydrogen) atoms. The predicted molar refractivity (Wildman–Crippen MR) is 72.7 cm³/mol. The summed E-state index contributed by atoms with van der Waals surface area (Å²) < 4.78 is 9.53. The van der Waals surface area contributed by atoms with E-state index < -0.39 is 0 Å². The average molecular weight is 265 g/mol. The molecular formula is C13H19N3OS. The fourth-order valence-electron chi connectivity index (χ4n) is 2.02. The van der Waals surface area contributed by atoms with Crippen LogP contribution in [-0.2, 0) is 12.8 Å². The van der Waals surface area contributed by atoms with Crippen LogP contribution in [0.3, 0.4) is 0 Å². The summed E-state index contributed by atoms with van der Waals surface area (Å²) in [7, 11) is 0. The molecule has 0 aliphatic carbocycles. The van der Waals surface area contributed by atoms with Crippen molar-refractivity contribution in [3.05, 3.63) is 34.7 Å². The maximum atomic E-state index is 5.43. The van der Waals surface area contributed by atoms with Gasteiger partial charge < -0.3 is 9.73 Å². The molecule has 2 aromatic rings. The van der Waals surface area contributed by atoms with Crippen molar-refractivity contribution in [2.24, 2.45) is 0 Å². The quantitative estimate of drug-likeness (QED) is 0.836. The Labute approximate surface area is 112 Å². The van der Waals surface area contributed by atoms with Crippen LogP contribution in [0.15, 0.2) is 22.8 Å². The van der Waals surface area contributed by atoms with E-state index in [0.29, 0.717) is 0 Å². The van der Waals surface area contributed by atoms with Crippen molar-refractivity contribution in [1.29, 1.82) is 0 Å². The van der Waals surface area contributed by atoms with E-state index in [1.54, 1.807) is 6.26 Å². The first-order chi connectivity index (χ1) is 8.85. The molecule has 2 heterocycles. The van der Waals surface area contributed by atoms with Crippen molar-refractivity contribution in [2.75, 3.05) is 6.54 Å². The number of likely N-dealkylation sites (N-methyl/N-ethyl adjacent to an activating group) is 1. The third-order valence-corrected chi connectivity index (χ3v) is 3.70. The van der Waals surface area contributed by atoms with Crippen LogP contribution in [0.25, 0.3) is 0 Å². The lowest BCUT2D eigenvalue weighted by Crippen LogP contribution is -2.23. The van der Waals surface area contributed by atoms with Gasteiger partial charge in [-0.25, -0.2) is 0 Å². The van der Waals surface area contributed by atoms with Gasteiger partial charge in [0, 0.05) is 6.42 Å². The van der Waals surface area contributed by atoms with E-state index in [1.165, 1.54) is 16.4 Å². The van der Waals surface area contributed by atoms with Gasteiger partial charge in [-0.1, -0.05) is 24.8 Å². The Morgan fingerprint density at radius 3 is 3.00 bits per heavy atom. The number of hydrogen-bond donors (Lipinski definition) is 1. The van der Waals surface area contributed by atoms with E-state index >= 15 is 0 Å². The summed E-state index contributed by atoms with van der Waals surface area (Å²) in [6.45, 7) is 5.20. The molecule has 0 amide bonds. The Balaban J connectivity index is 2.15. The van der Waals surface area contributed by atoms with Gasteiger partial charge in [0.15, 0.2) is 0 Å². The zero-order chi connectivity index (χ0) is 12.8. The predicted octanol–water partition coefficient (Wildman–Crippen LogP) is 2.98. The van der Waals surface area contributed by atoms with Crippen LogP contribution in [-0.4, -0.2) is 16.1 Å². The van der Waals surface area contributed by atoms with E-state index in [1.807, 2.05) is 12.1 Å². The standard InChI is InChI=1S/C13H19N3OS/c1-3-6-11-13(18-16-15-11)12(14-4-2)9-10-7-5-8-17-10/h5,7-8,12,14H,3-4,6,9H2,1-2H3. The highest BCUT2D eigenvalue weighted by atomic mass is 32.1. The number of aryl methyl sites for hydroxylation is 1. The second kappa shape index (κ2) is 6.66. The molecule has 1 N–H and O–H groups in total. The summed E-state index contributed by atoms with van der Waals surface area (Å²) in [5.41, 5.74) is 1.13. The topological polar surface area (TPSA) is 51.0 Å². The smallest absolute Gasteiger partial charge is 0.105 e. The minimum Gasteiger partial charge on any atom is -0.469 e. The van der Waals surface area contributed by atoms with Crippen molar-refractivity contribution in [1.82, 2.24) is 14.9 Å². The number of hydrogen-bond acceptors (Lipinski definition) is 5. The van der Waals surface area contributed by atoms with Gasteiger partial charge in [-0.15, -0.1) is 5.10 Å². The first-order valence-corrected chi connectivity index (χ1v) is 7.19. The highest BCUT2D eigenvalue weighted by Gasteiger charge is 2.19. The van der Waals surface area contributed by atoms with Gasteiger partial charge in [-0.2, -0.15) is 0 Å². The van der Waals surface area contributed by atoms with Crippen molar-refractivity contribution in [3.63, 3.8) is 0 Å². The monoisotopic (exact) mass is 265 g/mol. The molecule has 0 fully saturated rings. The molecule has 1 atom stereocenters. The van der Waals surface area contributed by atoms with Crippen LogP contribution in [0, 0.1) is 0 Å². The van der Waals surface area contributed by atoms with Gasteiger partial charge in [-0.05, 0) is 36.6 Å². The molecule has 0 saturated heterocycles. The second-order valence-corrected chi connectivity index (χ2v) is 5.01. The van der Waals surface area contributed by atoms with Crippen LogP contribution >= 0.6 is 11.5 Å². The van der Waals surface area contributed by atoms with Crippen molar-refractivity contribution >= 4 is 11.5 Å². The minimum atomic E-state index is 0.252. The molecule has 5 heteroatoms. The maximum Gasteiger partial charge on any atom is 0.105 e. The second-order valence-electron chi connectivity index (χ2n) is 4.23. The lowest BCUT2D eigenvalue weighted by molar-refractivity contribution is 0.456. The Hall–Kier alpha value is -1.20. The maximum absolute atomic E-state index is 5.43.